The molecular formula is C10H13NO2S. The van der Waals surface area contributed by atoms with Crippen molar-refractivity contribution in [1.29, 1.82) is 0 Å². The molecule has 2 unspecified atom stereocenters. The number of hydrogen-bond acceptors (Lipinski definition) is 1. The Labute approximate surface area is 86.3 Å². The van der Waals surface area contributed by atoms with E-state index in [4.69, 9.17) is 4.55 Å². The SMILES string of the molecule is C=CC(C)c1ccc(NS(=O)O)cc1. The molecule has 0 fully saturated rings. The highest BCUT2D eigenvalue weighted by molar-refractivity contribution is 7.80. The van der Waals surface area contributed by atoms with E-state index in [0.29, 0.717) is 11.6 Å². The molecule has 0 saturated carbocycles. The smallest absolute Gasteiger partial charge is 0.259 e. The molecule has 0 radical (unpaired) electrons. The fourth-order valence-corrected chi connectivity index (χ4v) is 1.43. The van der Waals surface area contributed by atoms with Gasteiger partial charge in [-0.05, 0) is 23.6 Å². The summed E-state index contributed by atoms with van der Waals surface area (Å²) in [4.78, 5) is 0. The zero-order chi connectivity index (χ0) is 10.6. The van der Waals surface area contributed by atoms with Crippen LogP contribution in [0.2, 0.25) is 0 Å². The lowest BCUT2D eigenvalue weighted by atomic mass is 10.0. The van der Waals surface area contributed by atoms with Gasteiger partial charge in [-0.3, -0.25) is 9.27 Å². The van der Waals surface area contributed by atoms with Crippen LogP contribution in [-0.4, -0.2) is 8.76 Å². The van der Waals surface area contributed by atoms with Crippen molar-refractivity contribution in [2.24, 2.45) is 0 Å². The van der Waals surface area contributed by atoms with E-state index in [2.05, 4.69) is 11.3 Å². The summed E-state index contributed by atoms with van der Waals surface area (Å²) in [5.41, 5.74) is 1.76. The van der Waals surface area contributed by atoms with Gasteiger partial charge < -0.3 is 0 Å². The summed E-state index contributed by atoms with van der Waals surface area (Å²) < 4.78 is 21.4. The lowest BCUT2D eigenvalue weighted by Crippen LogP contribution is -2.01. The summed E-state index contributed by atoms with van der Waals surface area (Å²) in [6.07, 6.45) is 1.85. The molecular weight excluding hydrogens is 198 g/mol. The van der Waals surface area contributed by atoms with Crippen LogP contribution in [0.4, 0.5) is 5.69 Å². The van der Waals surface area contributed by atoms with Crippen molar-refractivity contribution in [2.45, 2.75) is 12.8 Å². The van der Waals surface area contributed by atoms with E-state index < -0.39 is 11.3 Å². The van der Waals surface area contributed by atoms with Gasteiger partial charge in [0, 0.05) is 5.69 Å². The molecule has 0 amide bonds. The number of anilines is 1. The van der Waals surface area contributed by atoms with Crippen molar-refractivity contribution in [2.75, 3.05) is 4.72 Å². The van der Waals surface area contributed by atoms with Crippen molar-refractivity contribution in [3.8, 4) is 0 Å². The first-order valence-corrected chi connectivity index (χ1v) is 5.34. The van der Waals surface area contributed by atoms with Crippen molar-refractivity contribution in [3.05, 3.63) is 42.5 Å². The first-order chi connectivity index (χ1) is 6.63. The molecule has 1 aromatic rings. The minimum atomic E-state index is -2.01. The Morgan fingerprint density at radius 3 is 2.50 bits per heavy atom. The molecule has 0 aliphatic carbocycles. The molecule has 2 N–H and O–H groups in total. The summed E-state index contributed by atoms with van der Waals surface area (Å²) >= 11 is -2.01. The predicted molar refractivity (Wildman–Crippen MR) is 59.4 cm³/mol. The lowest BCUT2D eigenvalue weighted by molar-refractivity contribution is 0.570. The van der Waals surface area contributed by atoms with Crippen molar-refractivity contribution in [3.63, 3.8) is 0 Å². The topological polar surface area (TPSA) is 49.3 Å². The van der Waals surface area contributed by atoms with E-state index in [-0.39, 0.29) is 0 Å². The van der Waals surface area contributed by atoms with Gasteiger partial charge in [-0.1, -0.05) is 25.1 Å². The Bertz CT molecular complexity index is 334. The molecule has 0 aliphatic rings. The van der Waals surface area contributed by atoms with Crippen LogP contribution in [0, 0.1) is 0 Å². The minimum absolute atomic E-state index is 0.295. The molecule has 76 valence electrons. The number of nitrogens with one attached hydrogen (secondary N) is 1. The second-order valence-corrected chi connectivity index (χ2v) is 3.70. The number of benzene rings is 1. The molecule has 0 aliphatic heterocycles. The lowest BCUT2D eigenvalue weighted by Gasteiger charge is -2.07. The summed E-state index contributed by atoms with van der Waals surface area (Å²) in [5, 5.41) is 0. The minimum Gasteiger partial charge on any atom is -0.289 e. The Hall–Kier alpha value is -1.13. The Kier molecular flexibility index (Phi) is 3.85. The average molecular weight is 211 g/mol. The fourth-order valence-electron chi connectivity index (χ4n) is 1.09. The molecule has 0 saturated heterocycles. The van der Waals surface area contributed by atoms with Crippen molar-refractivity contribution in [1.82, 2.24) is 0 Å². The van der Waals surface area contributed by atoms with Gasteiger partial charge in [0.2, 0.25) is 0 Å². The standard InChI is InChI=1S/C10H13NO2S/c1-3-8(2)9-4-6-10(7-5-9)11-14(12)13/h3-8,11H,1H2,2H3,(H,12,13). The predicted octanol–water partition coefficient (Wildman–Crippen LogP) is 2.52. The third-order valence-corrected chi connectivity index (χ3v) is 2.41. The van der Waals surface area contributed by atoms with Gasteiger partial charge in [-0.2, -0.15) is 0 Å². The molecule has 0 spiro atoms. The zero-order valence-corrected chi connectivity index (χ0v) is 8.75. The van der Waals surface area contributed by atoms with Crippen LogP contribution in [0.25, 0.3) is 0 Å². The number of allylic oxidation sites excluding steroid dienone is 1. The van der Waals surface area contributed by atoms with E-state index >= 15 is 0 Å². The van der Waals surface area contributed by atoms with Gasteiger partial charge >= 0.3 is 0 Å². The van der Waals surface area contributed by atoms with Crippen LogP contribution in [0.15, 0.2) is 36.9 Å². The molecule has 3 nitrogen and oxygen atoms in total. The van der Waals surface area contributed by atoms with Gasteiger partial charge in [-0.25, -0.2) is 4.21 Å². The summed E-state index contributed by atoms with van der Waals surface area (Å²) in [5.74, 6) is 0.295. The Balaban J connectivity index is 2.78. The third kappa shape index (κ3) is 2.97. The molecule has 0 bridgehead atoms. The van der Waals surface area contributed by atoms with E-state index in [1.807, 2.05) is 25.1 Å². The van der Waals surface area contributed by atoms with E-state index in [9.17, 15) is 4.21 Å². The molecule has 1 aromatic carbocycles. The third-order valence-electron chi connectivity index (χ3n) is 2.00. The average Bonchev–Trinajstić information content (AvgIpc) is 2.17. The van der Waals surface area contributed by atoms with Crippen LogP contribution < -0.4 is 4.72 Å². The monoisotopic (exact) mass is 211 g/mol. The second-order valence-electron chi connectivity index (χ2n) is 3.00. The maximum Gasteiger partial charge on any atom is 0.259 e. The summed E-state index contributed by atoms with van der Waals surface area (Å²) in [6.45, 7) is 5.74. The van der Waals surface area contributed by atoms with E-state index in [1.54, 1.807) is 12.1 Å². The van der Waals surface area contributed by atoms with Crippen LogP contribution in [0.5, 0.6) is 0 Å². The summed E-state index contributed by atoms with van der Waals surface area (Å²) in [6, 6.07) is 7.34. The van der Waals surface area contributed by atoms with Gasteiger partial charge in [0.05, 0.1) is 0 Å². The fraction of sp³-hybridized carbons (Fsp3) is 0.200. The molecule has 0 heterocycles. The highest BCUT2D eigenvalue weighted by Gasteiger charge is 2.00. The van der Waals surface area contributed by atoms with Crippen molar-refractivity contribution < 1.29 is 8.76 Å². The molecule has 14 heavy (non-hydrogen) atoms. The van der Waals surface area contributed by atoms with Gasteiger partial charge in [0.25, 0.3) is 11.3 Å². The van der Waals surface area contributed by atoms with Crippen LogP contribution >= 0.6 is 0 Å². The van der Waals surface area contributed by atoms with Gasteiger partial charge in [-0.15, -0.1) is 6.58 Å². The maximum atomic E-state index is 10.4. The van der Waals surface area contributed by atoms with Crippen LogP contribution in [0.3, 0.4) is 0 Å². The summed E-state index contributed by atoms with van der Waals surface area (Å²) in [7, 11) is 0. The Morgan fingerprint density at radius 1 is 1.50 bits per heavy atom. The van der Waals surface area contributed by atoms with Gasteiger partial charge in [0.1, 0.15) is 0 Å². The quantitative estimate of drug-likeness (QED) is 0.594. The van der Waals surface area contributed by atoms with Crippen molar-refractivity contribution >= 4 is 17.0 Å². The molecule has 0 aromatic heterocycles. The van der Waals surface area contributed by atoms with E-state index in [0.717, 1.165) is 5.56 Å². The highest BCUT2D eigenvalue weighted by atomic mass is 32.2. The number of rotatable bonds is 4. The first-order valence-electron chi connectivity index (χ1n) is 4.23. The largest absolute Gasteiger partial charge is 0.289 e. The zero-order valence-electron chi connectivity index (χ0n) is 7.93. The molecule has 2 atom stereocenters. The Morgan fingerprint density at radius 2 is 2.07 bits per heavy atom. The normalized spacial score (nSPS) is 14.4. The van der Waals surface area contributed by atoms with E-state index in [1.165, 1.54) is 0 Å². The van der Waals surface area contributed by atoms with Gasteiger partial charge in [0.15, 0.2) is 0 Å². The molecule has 1 rings (SSSR count). The second kappa shape index (κ2) is 4.93. The number of hydrogen-bond donors (Lipinski definition) is 2. The first kappa shape index (κ1) is 10.9. The molecule has 4 heteroatoms. The van der Waals surface area contributed by atoms with Crippen LogP contribution in [0.1, 0.15) is 18.4 Å². The maximum absolute atomic E-state index is 10.4. The van der Waals surface area contributed by atoms with Crippen LogP contribution in [-0.2, 0) is 11.3 Å². The highest BCUT2D eigenvalue weighted by Crippen LogP contribution is 2.18.